The van der Waals surface area contributed by atoms with Crippen LogP contribution < -0.4 is 4.90 Å². The van der Waals surface area contributed by atoms with E-state index in [4.69, 9.17) is 11.6 Å². The van der Waals surface area contributed by atoms with Gasteiger partial charge in [0.1, 0.15) is 5.88 Å². The number of rotatable bonds is 3. The monoisotopic (exact) mass is 342 g/mol. The Balaban J connectivity index is 1.90. The molecule has 0 aromatic heterocycles. The van der Waals surface area contributed by atoms with Crippen LogP contribution in [0.4, 0.5) is 5.69 Å². The quantitative estimate of drug-likeness (QED) is 0.789. The maximum absolute atomic E-state index is 12.7. The van der Waals surface area contributed by atoms with E-state index in [9.17, 15) is 13.2 Å². The molecule has 0 atom stereocenters. The fourth-order valence-corrected chi connectivity index (χ4v) is 4.84. The molecule has 120 valence electrons. The zero-order valence-corrected chi connectivity index (χ0v) is 13.9. The van der Waals surface area contributed by atoms with Crippen LogP contribution in [0.1, 0.15) is 24.8 Å². The van der Waals surface area contributed by atoms with Gasteiger partial charge in [0.2, 0.25) is 15.9 Å². The first-order chi connectivity index (χ1) is 10.5. The van der Waals surface area contributed by atoms with Crippen LogP contribution in [0.25, 0.3) is 0 Å². The molecule has 7 heteroatoms. The summed E-state index contributed by atoms with van der Waals surface area (Å²) in [5.41, 5.74) is 1.68. The fraction of sp³-hybridized carbons (Fsp3) is 0.533. The Morgan fingerprint density at radius 2 is 1.86 bits per heavy atom. The summed E-state index contributed by atoms with van der Waals surface area (Å²) in [6.07, 6.45) is 3.59. The number of carbonyl (C=O) groups excluding carboxylic acids is 1. The predicted molar refractivity (Wildman–Crippen MR) is 85.8 cm³/mol. The van der Waals surface area contributed by atoms with Gasteiger partial charge in [-0.15, -0.1) is 11.6 Å². The van der Waals surface area contributed by atoms with E-state index in [1.54, 1.807) is 27.4 Å². The third-order valence-corrected chi connectivity index (χ3v) is 6.44. The lowest BCUT2D eigenvalue weighted by Gasteiger charge is -2.26. The van der Waals surface area contributed by atoms with E-state index >= 15 is 0 Å². The van der Waals surface area contributed by atoms with Gasteiger partial charge < -0.3 is 4.90 Å². The lowest BCUT2D eigenvalue weighted by atomic mass is 10.2. The Kier molecular flexibility index (Phi) is 4.43. The molecule has 0 aliphatic carbocycles. The Hall–Kier alpha value is -1.11. The number of carbonyl (C=O) groups is 1. The predicted octanol–water partition coefficient (Wildman–Crippen LogP) is 1.99. The molecule has 2 aliphatic heterocycles. The standard InChI is InChI=1S/C15H19ClN2O3S/c16-11-15(19)18-9-6-12-10-13(4-5-14(12)18)22(20,21)17-7-2-1-3-8-17/h4-5,10H,1-3,6-9,11H2. The number of piperidine rings is 1. The average molecular weight is 343 g/mol. The molecule has 1 aromatic carbocycles. The molecule has 5 nitrogen and oxygen atoms in total. The molecule has 0 saturated carbocycles. The van der Waals surface area contributed by atoms with E-state index < -0.39 is 10.0 Å². The van der Waals surface area contributed by atoms with Gasteiger partial charge in [0.05, 0.1) is 4.90 Å². The molecule has 3 rings (SSSR count). The summed E-state index contributed by atoms with van der Waals surface area (Å²) in [6, 6.07) is 5.03. The second-order valence-electron chi connectivity index (χ2n) is 5.68. The number of anilines is 1. The van der Waals surface area contributed by atoms with Crippen molar-refractivity contribution in [2.45, 2.75) is 30.6 Å². The highest BCUT2D eigenvalue weighted by molar-refractivity contribution is 7.89. The minimum Gasteiger partial charge on any atom is -0.311 e. The van der Waals surface area contributed by atoms with Gasteiger partial charge in [-0.2, -0.15) is 4.31 Å². The summed E-state index contributed by atoms with van der Waals surface area (Å²) in [5.74, 6) is -0.208. The van der Waals surface area contributed by atoms with Crippen LogP contribution in [0.15, 0.2) is 23.1 Å². The summed E-state index contributed by atoms with van der Waals surface area (Å²) in [4.78, 5) is 13.7. The van der Waals surface area contributed by atoms with Crippen LogP contribution >= 0.6 is 11.6 Å². The van der Waals surface area contributed by atoms with Crippen LogP contribution in [0, 0.1) is 0 Å². The maximum atomic E-state index is 12.7. The third-order valence-electron chi connectivity index (χ3n) is 4.31. The molecule has 1 fully saturated rings. The molecule has 2 heterocycles. The summed E-state index contributed by atoms with van der Waals surface area (Å²) in [7, 11) is -3.42. The van der Waals surface area contributed by atoms with E-state index in [0.29, 0.717) is 31.0 Å². The molecule has 0 spiro atoms. The molecule has 1 saturated heterocycles. The van der Waals surface area contributed by atoms with Crippen molar-refractivity contribution in [3.63, 3.8) is 0 Å². The molecule has 2 aliphatic rings. The lowest BCUT2D eigenvalue weighted by Crippen LogP contribution is -2.35. The topological polar surface area (TPSA) is 57.7 Å². The minimum absolute atomic E-state index is 0.0622. The van der Waals surface area contributed by atoms with E-state index in [1.165, 1.54) is 0 Å². The van der Waals surface area contributed by atoms with Crippen LogP contribution in [0.3, 0.4) is 0 Å². The van der Waals surface area contributed by atoms with Crippen molar-refractivity contribution < 1.29 is 13.2 Å². The second kappa shape index (κ2) is 6.18. The van der Waals surface area contributed by atoms with Gasteiger partial charge in [0.15, 0.2) is 0 Å². The average Bonchev–Trinajstić information content (AvgIpc) is 2.98. The maximum Gasteiger partial charge on any atom is 0.243 e. The fourth-order valence-electron chi connectivity index (χ4n) is 3.12. The first kappa shape index (κ1) is 15.8. The van der Waals surface area contributed by atoms with E-state index in [2.05, 4.69) is 0 Å². The summed E-state index contributed by atoms with van der Waals surface area (Å²) in [5, 5.41) is 0. The molecular formula is C15H19ClN2O3S. The Morgan fingerprint density at radius 3 is 2.55 bits per heavy atom. The van der Waals surface area contributed by atoms with Crippen molar-refractivity contribution in [2.75, 3.05) is 30.4 Å². The highest BCUT2D eigenvalue weighted by Gasteiger charge is 2.29. The van der Waals surface area contributed by atoms with Crippen molar-refractivity contribution in [1.29, 1.82) is 0 Å². The molecule has 0 N–H and O–H groups in total. The van der Waals surface area contributed by atoms with Crippen molar-refractivity contribution >= 4 is 33.2 Å². The number of sulfonamides is 1. The minimum atomic E-state index is -3.42. The van der Waals surface area contributed by atoms with Crippen LogP contribution in [0.5, 0.6) is 0 Å². The number of nitrogens with zero attached hydrogens (tertiary/aromatic N) is 2. The number of benzene rings is 1. The smallest absolute Gasteiger partial charge is 0.243 e. The lowest BCUT2D eigenvalue weighted by molar-refractivity contribution is -0.116. The highest BCUT2D eigenvalue weighted by atomic mass is 35.5. The van der Waals surface area contributed by atoms with Crippen LogP contribution in [-0.2, 0) is 21.2 Å². The normalized spacial score (nSPS) is 19.2. The summed E-state index contributed by atoms with van der Waals surface area (Å²) >= 11 is 5.61. The molecule has 0 radical (unpaired) electrons. The van der Waals surface area contributed by atoms with Gasteiger partial charge in [0.25, 0.3) is 0 Å². The number of amides is 1. The summed E-state index contributed by atoms with van der Waals surface area (Å²) in [6.45, 7) is 1.75. The highest BCUT2D eigenvalue weighted by Crippen LogP contribution is 2.31. The van der Waals surface area contributed by atoms with Gasteiger partial charge in [-0.05, 0) is 43.0 Å². The van der Waals surface area contributed by atoms with Gasteiger partial charge in [-0.25, -0.2) is 8.42 Å². The Bertz CT molecular complexity index is 684. The number of fused-ring (bicyclic) bond motifs is 1. The van der Waals surface area contributed by atoms with E-state index in [-0.39, 0.29) is 11.8 Å². The first-order valence-corrected chi connectivity index (χ1v) is 9.51. The third kappa shape index (κ3) is 2.75. The Morgan fingerprint density at radius 1 is 1.14 bits per heavy atom. The van der Waals surface area contributed by atoms with Gasteiger partial charge in [-0.1, -0.05) is 6.42 Å². The number of halogens is 1. The van der Waals surface area contributed by atoms with E-state index in [0.717, 1.165) is 30.5 Å². The van der Waals surface area contributed by atoms with Crippen molar-refractivity contribution in [3.8, 4) is 0 Å². The molecule has 0 unspecified atom stereocenters. The summed E-state index contributed by atoms with van der Waals surface area (Å²) < 4.78 is 26.9. The molecule has 0 bridgehead atoms. The van der Waals surface area contributed by atoms with Gasteiger partial charge in [-0.3, -0.25) is 4.79 Å². The van der Waals surface area contributed by atoms with Crippen molar-refractivity contribution in [2.24, 2.45) is 0 Å². The van der Waals surface area contributed by atoms with Crippen molar-refractivity contribution in [3.05, 3.63) is 23.8 Å². The molecule has 22 heavy (non-hydrogen) atoms. The zero-order chi connectivity index (χ0) is 15.7. The van der Waals surface area contributed by atoms with Gasteiger partial charge >= 0.3 is 0 Å². The van der Waals surface area contributed by atoms with Crippen LogP contribution in [-0.4, -0.2) is 44.1 Å². The second-order valence-corrected chi connectivity index (χ2v) is 7.89. The zero-order valence-electron chi connectivity index (χ0n) is 12.3. The first-order valence-electron chi connectivity index (χ1n) is 7.53. The van der Waals surface area contributed by atoms with Gasteiger partial charge in [0, 0.05) is 25.3 Å². The number of hydrogen-bond acceptors (Lipinski definition) is 3. The van der Waals surface area contributed by atoms with Crippen molar-refractivity contribution in [1.82, 2.24) is 4.31 Å². The molecular weight excluding hydrogens is 324 g/mol. The number of alkyl halides is 1. The molecule has 1 amide bonds. The Labute approximate surface area is 135 Å². The SMILES string of the molecule is O=C(CCl)N1CCc2cc(S(=O)(=O)N3CCCCC3)ccc21. The van der Waals surface area contributed by atoms with Crippen LogP contribution in [0.2, 0.25) is 0 Å². The molecule has 1 aromatic rings. The number of hydrogen-bond donors (Lipinski definition) is 0. The largest absolute Gasteiger partial charge is 0.311 e. The van der Waals surface area contributed by atoms with E-state index in [1.807, 2.05) is 0 Å².